The summed E-state index contributed by atoms with van der Waals surface area (Å²) in [6, 6.07) is 3.50. The van der Waals surface area contributed by atoms with Gasteiger partial charge in [0.1, 0.15) is 5.15 Å². The zero-order valence-electron chi connectivity index (χ0n) is 8.98. The minimum atomic E-state index is 0.0275. The van der Waals surface area contributed by atoms with Crippen LogP contribution in [0.3, 0.4) is 0 Å². The summed E-state index contributed by atoms with van der Waals surface area (Å²) in [4.78, 5) is 17.4. The number of carbonyl (C=O) groups is 1. The lowest BCUT2D eigenvalue weighted by atomic mass is 10.1. The molecule has 1 aromatic rings. The average molecular weight is 241 g/mol. The number of aliphatic hydroxyl groups is 1. The third-order valence-corrected chi connectivity index (χ3v) is 2.88. The Bertz CT molecular complexity index is 402. The van der Waals surface area contributed by atoms with Gasteiger partial charge in [0.2, 0.25) is 5.91 Å². The quantitative estimate of drug-likeness (QED) is 0.795. The SMILES string of the molecule is Cc1cc(N2CC(CO)CC2=O)cc(Cl)n1. The van der Waals surface area contributed by atoms with Gasteiger partial charge in [0, 0.05) is 36.9 Å². The maximum Gasteiger partial charge on any atom is 0.227 e. The fourth-order valence-electron chi connectivity index (χ4n) is 1.92. The van der Waals surface area contributed by atoms with Gasteiger partial charge in [0.25, 0.3) is 0 Å². The number of carbonyl (C=O) groups excluding carboxylic acids is 1. The van der Waals surface area contributed by atoms with Crippen LogP contribution in [0.1, 0.15) is 12.1 Å². The van der Waals surface area contributed by atoms with Gasteiger partial charge in [-0.3, -0.25) is 4.79 Å². The minimum absolute atomic E-state index is 0.0275. The number of hydrogen-bond acceptors (Lipinski definition) is 3. The van der Waals surface area contributed by atoms with E-state index < -0.39 is 0 Å². The zero-order valence-corrected chi connectivity index (χ0v) is 9.74. The number of rotatable bonds is 2. The summed E-state index contributed by atoms with van der Waals surface area (Å²) in [6.07, 6.45) is 0.398. The molecule has 1 saturated heterocycles. The van der Waals surface area contributed by atoms with Crippen LogP contribution in [-0.2, 0) is 4.79 Å². The van der Waals surface area contributed by atoms with E-state index in [0.29, 0.717) is 18.1 Å². The molecule has 0 saturated carbocycles. The number of hydrogen-bond donors (Lipinski definition) is 1. The number of aliphatic hydroxyl groups excluding tert-OH is 1. The van der Waals surface area contributed by atoms with E-state index >= 15 is 0 Å². The molecule has 1 aliphatic heterocycles. The molecular weight excluding hydrogens is 228 g/mol. The van der Waals surface area contributed by atoms with E-state index in [1.807, 2.05) is 13.0 Å². The molecule has 0 aromatic carbocycles. The van der Waals surface area contributed by atoms with Gasteiger partial charge in [-0.15, -0.1) is 0 Å². The molecule has 86 valence electrons. The molecule has 1 amide bonds. The highest BCUT2D eigenvalue weighted by Crippen LogP contribution is 2.26. The summed E-state index contributed by atoms with van der Waals surface area (Å²) < 4.78 is 0. The van der Waals surface area contributed by atoms with Gasteiger partial charge in [-0.1, -0.05) is 11.6 Å². The Morgan fingerprint density at radius 1 is 1.62 bits per heavy atom. The van der Waals surface area contributed by atoms with Crippen LogP contribution >= 0.6 is 11.6 Å². The molecule has 0 spiro atoms. The number of pyridine rings is 1. The third-order valence-electron chi connectivity index (χ3n) is 2.68. The first-order chi connectivity index (χ1) is 7.60. The molecule has 4 nitrogen and oxygen atoms in total. The minimum Gasteiger partial charge on any atom is -0.396 e. The highest BCUT2D eigenvalue weighted by Gasteiger charge is 2.30. The van der Waals surface area contributed by atoms with Crippen LogP contribution < -0.4 is 4.90 Å². The van der Waals surface area contributed by atoms with Crippen LogP contribution in [0.2, 0.25) is 5.15 Å². The van der Waals surface area contributed by atoms with Crippen molar-refractivity contribution in [2.75, 3.05) is 18.1 Å². The molecule has 1 unspecified atom stereocenters. The summed E-state index contributed by atoms with van der Waals surface area (Å²) in [7, 11) is 0. The summed E-state index contributed by atoms with van der Waals surface area (Å²) in [5.41, 5.74) is 1.54. The van der Waals surface area contributed by atoms with Crippen molar-refractivity contribution in [3.05, 3.63) is 23.0 Å². The van der Waals surface area contributed by atoms with Crippen molar-refractivity contribution in [1.82, 2.24) is 4.98 Å². The van der Waals surface area contributed by atoms with Crippen molar-refractivity contribution in [3.8, 4) is 0 Å². The number of amides is 1. The predicted molar refractivity (Wildman–Crippen MR) is 61.5 cm³/mol. The smallest absolute Gasteiger partial charge is 0.227 e. The van der Waals surface area contributed by atoms with E-state index in [4.69, 9.17) is 16.7 Å². The lowest BCUT2D eigenvalue weighted by molar-refractivity contribution is -0.117. The Hall–Kier alpha value is -1.13. The van der Waals surface area contributed by atoms with E-state index in [-0.39, 0.29) is 18.4 Å². The second-order valence-electron chi connectivity index (χ2n) is 4.05. The topological polar surface area (TPSA) is 53.4 Å². The van der Waals surface area contributed by atoms with Gasteiger partial charge in [0.15, 0.2) is 0 Å². The second-order valence-corrected chi connectivity index (χ2v) is 4.43. The molecule has 5 heteroatoms. The first kappa shape index (κ1) is 11.4. The number of halogens is 1. The van der Waals surface area contributed by atoms with Crippen LogP contribution in [0, 0.1) is 12.8 Å². The Morgan fingerprint density at radius 2 is 2.38 bits per heavy atom. The highest BCUT2D eigenvalue weighted by molar-refractivity contribution is 6.29. The molecule has 16 heavy (non-hydrogen) atoms. The summed E-state index contributed by atoms with van der Waals surface area (Å²) >= 11 is 5.85. The molecule has 0 bridgehead atoms. The van der Waals surface area contributed by atoms with Crippen molar-refractivity contribution in [2.24, 2.45) is 5.92 Å². The van der Waals surface area contributed by atoms with Gasteiger partial charge in [-0.2, -0.15) is 0 Å². The van der Waals surface area contributed by atoms with Gasteiger partial charge >= 0.3 is 0 Å². The fraction of sp³-hybridized carbons (Fsp3) is 0.455. The van der Waals surface area contributed by atoms with E-state index in [0.717, 1.165) is 11.4 Å². The van der Waals surface area contributed by atoms with Crippen molar-refractivity contribution >= 4 is 23.2 Å². The Morgan fingerprint density at radius 3 is 2.94 bits per heavy atom. The first-order valence-corrected chi connectivity index (χ1v) is 5.53. The lowest BCUT2D eigenvalue weighted by Gasteiger charge is -2.17. The molecule has 1 aliphatic rings. The Balaban J connectivity index is 2.27. The number of anilines is 1. The number of nitrogens with zero attached hydrogens (tertiary/aromatic N) is 2. The van der Waals surface area contributed by atoms with Crippen molar-refractivity contribution in [1.29, 1.82) is 0 Å². The fourth-order valence-corrected chi connectivity index (χ4v) is 2.17. The van der Waals surface area contributed by atoms with E-state index in [1.54, 1.807) is 11.0 Å². The van der Waals surface area contributed by atoms with Crippen LogP contribution in [0.25, 0.3) is 0 Å². The second kappa shape index (κ2) is 4.39. The van der Waals surface area contributed by atoms with Crippen molar-refractivity contribution in [3.63, 3.8) is 0 Å². The predicted octanol–water partition coefficient (Wildman–Crippen LogP) is 1.39. The third kappa shape index (κ3) is 2.18. The monoisotopic (exact) mass is 240 g/mol. The normalized spacial score (nSPS) is 20.6. The standard InChI is InChI=1S/C11H13ClN2O2/c1-7-2-9(4-10(12)13-7)14-5-8(6-15)3-11(14)16/h2,4,8,15H,3,5-6H2,1H3. The largest absolute Gasteiger partial charge is 0.396 e. The lowest BCUT2D eigenvalue weighted by Crippen LogP contribution is -2.25. The molecule has 2 rings (SSSR count). The van der Waals surface area contributed by atoms with Gasteiger partial charge in [-0.25, -0.2) is 4.98 Å². The maximum absolute atomic E-state index is 11.7. The van der Waals surface area contributed by atoms with Gasteiger partial charge < -0.3 is 10.0 Å². The molecule has 0 radical (unpaired) electrons. The molecule has 1 atom stereocenters. The molecular formula is C11H13ClN2O2. The average Bonchev–Trinajstić information content (AvgIpc) is 2.58. The summed E-state index contributed by atoms with van der Waals surface area (Å²) in [5, 5.41) is 9.42. The maximum atomic E-state index is 11.7. The summed E-state index contributed by atoms with van der Waals surface area (Å²) in [5.74, 6) is 0.0560. The van der Waals surface area contributed by atoms with E-state index in [2.05, 4.69) is 4.98 Å². The van der Waals surface area contributed by atoms with Crippen LogP contribution in [0.4, 0.5) is 5.69 Å². The van der Waals surface area contributed by atoms with Crippen LogP contribution in [0.5, 0.6) is 0 Å². The molecule has 1 fully saturated rings. The molecule has 1 aromatic heterocycles. The van der Waals surface area contributed by atoms with E-state index in [9.17, 15) is 4.79 Å². The number of aromatic nitrogens is 1. The Kier molecular flexibility index (Phi) is 3.12. The number of aryl methyl sites for hydroxylation is 1. The van der Waals surface area contributed by atoms with Gasteiger partial charge in [0.05, 0.1) is 0 Å². The molecule has 1 N–H and O–H groups in total. The highest BCUT2D eigenvalue weighted by atomic mass is 35.5. The summed E-state index contributed by atoms with van der Waals surface area (Å²) in [6.45, 7) is 2.43. The Labute approximate surface area is 98.9 Å². The van der Waals surface area contributed by atoms with Gasteiger partial charge in [-0.05, 0) is 19.1 Å². The molecule has 0 aliphatic carbocycles. The van der Waals surface area contributed by atoms with Crippen LogP contribution in [0.15, 0.2) is 12.1 Å². The van der Waals surface area contributed by atoms with Crippen molar-refractivity contribution < 1.29 is 9.90 Å². The molecule has 2 heterocycles. The van der Waals surface area contributed by atoms with Crippen molar-refractivity contribution in [2.45, 2.75) is 13.3 Å². The first-order valence-electron chi connectivity index (χ1n) is 5.15. The zero-order chi connectivity index (χ0) is 11.7. The van der Waals surface area contributed by atoms with Crippen LogP contribution in [-0.4, -0.2) is 29.1 Å². The van der Waals surface area contributed by atoms with E-state index in [1.165, 1.54) is 0 Å².